The average Bonchev–Trinajstić information content (AvgIpc) is 2.47. The first-order valence-corrected chi connectivity index (χ1v) is 6.35. The average molecular weight is 275 g/mol. The van der Waals surface area contributed by atoms with Gasteiger partial charge in [-0.15, -0.1) is 0 Å². The number of hydrogen-bond donors (Lipinski definition) is 1. The molecular formula is C16H18FNO2. The lowest BCUT2D eigenvalue weighted by Gasteiger charge is -2.11. The van der Waals surface area contributed by atoms with Crippen molar-refractivity contribution in [1.82, 2.24) is 5.32 Å². The second-order valence-corrected chi connectivity index (χ2v) is 4.41. The Kier molecular flexibility index (Phi) is 4.58. The lowest BCUT2D eigenvalue weighted by molar-refractivity contribution is 0.386. The molecule has 0 aliphatic rings. The highest BCUT2D eigenvalue weighted by molar-refractivity contribution is 5.66. The molecule has 3 nitrogen and oxygen atoms in total. The van der Waals surface area contributed by atoms with Crippen LogP contribution in [0.3, 0.4) is 0 Å². The Morgan fingerprint density at radius 2 is 1.55 bits per heavy atom. The first kappa shape index (κ1) is 14.3. The van der Waals surface area contributed by atoms with Crippen LogP contribution in [0.15, 0.2) is 36.4 Å². The van der Waals surface area contributed by atoms with Crippen LogP contribution in [-0.4, -0.2) is 21.3 Å². The second kappa shape index (κ2) is 6.39. The van der Waals surface area contributed by atoms with Crippen molar-refractivity contribution >= 4 is 0 Å². The maximum absolute atomic E-state index is 13.8. The molecule has 0 aliphatic heterocycles. The molecule has 0 unspecified atom stereocenters. The Labute approximate surface area is 118 Å². The molecule has 2 aromatic carbocycles. The third kappa shape index (κ3) is 2.91. The number of ether oxygens (including phenoxy) is 2. The fourth-order valence-corrected chi connectivity index (χ4v) is 2.13. The van der Waals surface area contributed by atoms with Crippen molar-refractivity contribution in [3.05, 3.63) is 47.8 Å². The van der Waals surface area contributed by atoms with E-state index >= 15 is 0 Å². The topological polar surface area (TPSA) is 30.5 Å². The van der Waals surface area contributed by atoms with Crippen LogP contribution in [0.2, 0.25) is 0 Å². The molecule has 0 aliphatic carbocycles. The van der Waals surface area contributed by atoms with E-state index in [4.69, 9.17) is 9.47 Å². The van der Waals surface area contributed by atoms with Crippen LogP contribution < -0.4 is 14.8 Å². The van der Waals surface area contributed by atoms with Gasteiger partial charge < -0.3 is 14.8 Å². The van der Waals surface area contributed by atoms with Gasteiger partial charge in [-0.2, -0.15) is 0 Å². The van der Waals surface area contributed by atoms with Crippen molar-refractivity contribution in [2.75, 3.05) is 21.3 Å². The van der Waals surface area contributed by atoms with E-state index in [1.54, 1.807) is 13.2 Å². The monoisotopic (exact) mass is 275 g/mol. The molecule has 2 aromatic rings. The lowest BCUT2D eigenvalue weighted by atomic mass is 10.0. The summed E-state index contributed by atoms with van der Waals surface area (Å²) in [4.78, 5) is 0. The highest BCUT2D eigenvalue weighted by Crippen LogP contribution is 2.29. The summed E-state index contributed by atoms with van der Waals surface area (Å²) in [6.45, 7) is 0.690. The Morgan fingerprint density at radius 3 is 2.10 bits per heavy atom. The van der Waals surface area contributed by atoms with Gasteiger partial charge in [0.25, 0.3) is 0 Å². The van der Waals surface area contributed by atoms with E-state index < -0.39 is 0 Å². The van der Waals surface area contributed by atoms with E-state index in [2.05, 4.69) is 5.32 Å². The second-order valence-electron chi connectivity index (χ2n) is 4.41. The molecule has 0 amide bonds. The molecule has 0 heterocycles. The van der Waals surface area contributed by atoms with Gasteiger partial charge in [-0.3, -0.25) is 0 Å². The molecule has 0 atom stereocenters. The molecule has 0 saturated carbocycles. The third-order valence-electron chi connectivity index (χ3n) is 3.13. The van der Waals surface area contributed by atoms with Crippen molar-refractivity contribution in [2.45, 2.75) is 6.54 Å². The van der Waals surface area contributed by atoms with Crippen LogP contribution in [0.4, 0.5) is 4.39 Å². The molecule has 2 rings (SSSR count). The molecule has 20 heavy (non-hydrogen) atoms. The summed E-state index contributed by atoms with van der Waals surface area (Å²) in [5.74, 6) is 0.700. The van der Waals surface area contributed by atoms with Gasteiger partial charge in [0.15, 0.2) is 11.6 Å². The zero-order valence-electron chi connectivity index (χ0n) is 11.9. The summed E-state index contributed by atoms with van der Waals surface area (Å²) < 4.78 is 24.0. The fourth-order valence-electron chi connectivity index (χ4n) is 2.13. The molecule has 0 spiro atoms. The van der Waals surface area contributed by atoms with Gasteiger partial charge in [0, 0.05) is 12.1 Å². The van der Waals surface area contributed by atoms with Crippen LogP contribution in [0.1, 0.15) is 5.56 Å². The quantitative estimate of drug-likeness (QED) is 0.908. The molecule has 0 saturated heterocycles. The van der Waals surface area contributed by atoms with E-state index in [1.165, 1.54) is 13.2 Å². The van der Waals surface area contributed by atoms with E-state index in [0.717, 1.165) is 22.4 Å². The van der Waals surface area contributed by atoms with Crippen LogP contribution in [0.25, 0.3) is 11.1 Å². The van der Waals surface area contributed by atoms with Gasteiger partial charge in [0.2, 0.25) is 0 Å². The highest BCUT2D eigenvalue weighted by Gasteiger charge is 2.08. The molecule has 106 valence electrons. The molecular weight excluding hydrogens is 257 g/mol. The van der Waals surface area contributed by atoms with E-state index in [9.17, 15) is 4.39 Å². The van der Waals surface area contributed by atoms with E-state index in [1.807, 2.05) is 31.3 Å². The summed E-state index contributed by atoms with van der Waals surface area (Å²) in [6, 6.07) is 10.8. The molecule has 0 bridgehead atoms. The largest absolute Gasteiger partial charge is 0.496 e. The lowest BCUT2D eigenvalue weighted by Crippen LogP contribution is -2.06. The maximum atomic E-state index is 13.8. The Morgan fingerprint density at radius 1 is 0.950 bits per heavy atom. The van der Waals surface area contributed by atoms with Gasteiger partial charge in [0.05, 0.1) is 14.2 Å². The predicted octanol–water partition coefficient (Wildman–Crippen LogP) is 3.23. The molecule has 0 fully saturated rings. The first-order valence-electron chi connectivity index (χ1n) is 6.35. The summed E-state index contributed by atoms with van der Waals surface area (Å²) in [5, 5.41) is 3.09. The minimum absolute atomic E-state index is 0.248. The van der Waals surface area contributed by atoms with E-state index in [0.29, 0.717) is 6.54 Å². The van der Waals surface area contributed by atoms with Gasteiger partial charge in [0.1, 0.15) is 5.75 Å². The van der Waals surface area contributed by atoms with Gasteiger partial charge >= 0.3 is 0 Å². The van der Waals surface area contributed by atoms with Crippen molar-refractivity contribution < 1.29 is 13.9 Å². The van der Waals surface area contributed by atoms with Crippen molar-refractivity contribution in [3.8, 4) is 22.6 Å². The summed E-state index contributed by atoms with van der Waals surface area (Å²) in [7, 11) is 4.97. The van der Waals surface area contributed by atoms with Gasteiger partial charge in [-0.05, 0) is 42.4 Å². The number of methoxy groups -OCH3 is 2. The van der Waals surface area contributed by atoms with Crippen molar-refractivity contribution in [3.63, 3.8) is 0 Å². The summed E-state index contributed by atoms with van der Waals surface area (Å²) in [6.07, 6.45) is 0. The van der Waals surface area contributed by atoms with Gasteiger partial charge in [-0.1, -0.05) is 12.1 Å². The fraction of sp³-hybridized carbons (Fsp3) is 0.250. The molecule has 0 radical (unpaired) electrons. The minimum Gasteiger partial charge on any atom is -0.496 e. The van der Waals surface area contributed by atoms with Crippen LogP contribution in [0, 0.1) is 5.82 Å². The van der Waals surface area contributed by atoms with E-state index in [-0.39, 0.29) is 11.6 Å². The van der Waals surface area contributed by atoms with Crippen molar-refractivity contribution in [2.24, 2.45) is 0 Å². The number of rotatable bonds is 5. The summed E-state index contributed by atoms with van der Waals surface area (Å²) >= 11 is 0. The number of nitrogens with one attached hydrogen (secondary N) is 1. The maximum Gasteiger partial charge on any atom is 0.165 e. The third-order valence-corrected chi connectivity index (χ3v) is 3.13. The van der Waals surface area contributed by atoms with Crippen LogP contribution in [0.5, 0.6) is 11.5 Å². The van der Waals surface area contributed by atoms with Crippen LogP contribution >= 0.6 is 0 Å². The van der Waals surface area contributed by atoms with Crippen LogP contribution in [-0.2, 0) is 6.54 Å². The Hall–Kier alpha value is -2.07. The standard InChI is InChI=1S/C16H18FNO2/c1-18-10-13-8-11(4-6-15(13)19-2)12-5-7-16(20-3)14(17)9-12/h4-9,18H,10H2,1-3H3. The molecule has 0 aromatic heterocycles. The number of halogens is 1. The van der Waals surface area contributed by atoms with Crippen molar-refractivity contribution in [1.29, 1.82) is 0 Å². The Balaban J connectivity index is 2.42. The first-order chi connectivity index (χ1) is 9.69. The highest BCUT2D eigenvalue weighted by atomic mass is 19.1. The number of hydrogen-bond acceptors (Lipinski definition) is 3. The zero-order chi connectivity index (χ0) is 14.5. The van der Waals surface area contributed by atoms with Gasteiger partial charge in [-0.25, -0.2) is 4.39 Å². The summed E-state index contributed by atoms with van der Waals surface area (Å²) in [5.41, 5.74) is 2.78. The predicted molar refractivity (Wildman–Crippen MR) is 77.7 cm³/mol. The zero-order valence-corrected chi connectivity index (χ0v) is 11.9. The minimum atomic E-state index is -0.365. The number of benzene rings is 2. The molecule has 4 heteroatoms. The smallest absolute Gasteiger partial charge is 0.165 e. The SMILES string of the molecule is CNCc1cc(-c2ccc(OC)c(F)c2)ccc1OC. The normalized spacial score (nSPS) is 10.4. The Bertz CT molecular complexity index is 599. The molecule has 1 N–H and O–H groups in total.